The number of fused-ring (bicyclic) bond motifs is 2. The summed E-state index contributed by atoms with van der Waals surface area (Å²) in [6.45, 7) is 3.02. The lowest BCUT2D eigenvalue weighted by Gasteiger charge is -2.47. The smallest absolute Gasteiger partial charge is 0.229 e. The van der Waals surface area contributed by atoms with Gasteiger partial charge in [0.2, 0.25) is 10.0 Å². The summed E-state index contributed by atoms with van der Waals surface area (Å²) >= 11 is 0. The normalized spacial score (nSPS) is 30.9. The predicted octanol–water partition coefficient (Wildman–Crippen LogP) is 3.72. The molecule has 4 rings (SSSR count). The number of nitrogens with one attached hydrogen (secondary N) is 1. The highest BCUT2D eigenvalue weighted by Gasteiger charge is 2.55. The number of nitrogens with zero attached hydrogens (tertiary/aromatic N) is 1. The molecule has 31 heavy (non-hydrogen) atoms. The summed E-state index contributed by atoms with van der Waals surface area (Å²) in [6, 6.07) is 7.74. The van der Waals surface area contributed by atoms with Gasteiger partial charge in [-0.3, -0.25) is 4.72 Å². The van der Waals surface area contributed by atoms with Crippen molar-refractivity contribution >= 4 is 15.7 Å². The first-order chi connectivity index (χ1) is 14.7. The van der Waals surface area contributed by atoms with Crippen LogP contribution in [0.25, 0.3) is 0 Å². The molecule has 1 saturated heterocycles. The maximum atomic E-state index is 11.7. The zero-order chi connectivity index (χ0) is 22.1. The van der Waals surface area contributed by atoms with Crippen molar-refractivity contribution in [2.75, 3.05) is 37.7 Å². The van der Waals surface area contributed by atoms with Crippen LogP contribution < -0.4 is 4.72 Å². The summed E-state index contributed by atoms with van der Waals surface area (Å²) in [5, 5.41) is 10.8. The minimum Gasteiger partial charge on any atom is -0.390 e. The molecule has 2 saturated carbocycles. The quantitative estimate of drug-likeness (QED) is 0.631. The lowest BCUT2D eigenvalue weighted by atomic mass is 9.74. The molecule has 2 unspecified atom stereocenters. The second-order valence-corrected chi connectivity index (χ2v) is 11.8. The molecule has 3 fully saturated rings. The summed E-state index contributed by atoms with van der Waals surface area (Å²) in [4.78, 5) is 2.56. The van der Waals surface area contributed by atoms with E-state index < -0.39 is 15.6 Å². The van der Waals surface area contributed by atoms with Gasteiger partial charge in [-0.2, -0.15) is 0 Å². The van der Waals surface area contributed by atoms with Crippen molar-refractivity contribution in [3.63, 3.8) is 0 Å². The number of sulfonamides is 1. The third-order valence-corrected chi connectivity index (χ3v) is 8.50. The predicted molar refractivity (Wildman–Crippen MR) is 124 cm³/mol. The van der Waals surface area contributed by atoms with Gasteiger partial charge < -0.3 is 14.7 Å². The zero-order valence-electron chi connectivity index (χ0n) is 19.0. The van der Waals surface area contributed by atoms with Crippen molar-refractivity contribution in [1.29, 1.82) is 0 Å². The zero-order valence-corrected chi connectivity index (χ0v) is 19.8. The Balaban J connectivity index is 1.43. The second kappa shape index (κ2) is 9.00. The summed E-state index contributed by atoms with van der Waals surface area (Å²) in [6.07, 6.45) is 10.9. The maximum Gasteiger partial charge on any atom is 0.229 e. The summed E-state index contributed by atoms with van der Waals surface area (Å²) < 4.78 is 32.2. The number of aliphatic hydroxyl groups is 1. The number of methoxy groups -OCH3 is 1. The van der Waals surface area contributed by atoms with Crippen molar-refractivity contribution in [3.05, 3.63) is 29.8 Å². The molecule has 2 bridgehead atoms. The van der Waals surface area contributed by atoms with Crippen molar-refractivity contribution in [3.8, 4) is 0 Å². The molecule has 0 aromatic heterocycles. The van der Waals surface area contributed by atoms with E-state index in [-0.39, 0.29) is 5.60 Å². The van der Waals surface area contributed by atoms with Crippen LogP contribution in [0.5, 0.6) is 0 Å². The van der Waals surface area contributed by atoms with Crippen molar-refractivity contribution in [1.82, 2.24) is 4.90 Å². The van der Waals surface area contributed by atoms with Crippen LogP contribution in [0, 0.1) is 11.8 Å². The van der Waals surface area contributed by atoms with E-state index in [0.29, 0.717) is 17.5 Å². The fourth-order valence-corrected chi connectivity index (χ4v) is 7.11. The van der Waals surface area contributed by atoms with Gasteiger partial charge in [0.25, 0.3) is 0 Å². The molecule has 1 aliphatic heterocycles. The van der Waals surface area contributed by atoms with E-state index in [1.165, 1.54) is 12.7 Å². The molecule has 174 valence electrons. The Morgan fingerprint density at radius 2 is 1.84 bits per heavy atom. The Morgan fingerprint density at radius 1 is 1.16 bits per heavy atom. The number of benzene rings is 1. The lowest BCUT2D eigenvalue weighted by Crippen LogP contribution is -2.53. The Labute approximate surface area is 187 Å². The number of rotatable bonds is 8. The van der Waals surface area contributed by atoms with Crippen LogP contribution in [-0.2, 0) is 20.4 Å². The molecule has 6 nitrogen and oxygen atoms in total. The van der Waals surface area contributed by atoms with Gasteiger partial charge in [-0.1, -0.05) is 31.4 Å². The Hall–Kier alpha value is -1.15. The minimum atomic E-state index is -3.32. The monoisotopic (exact) mass is 450 g/mol. The number of hydrogen-bond acceptors (Lipinski definition) is 5. The van der Waals surface area contributed by atoms with Crippen molar-refractivity contribution in [2.24, 2.45) is 11.8 Å². The summed E-state index contributed by atoms with van der Waals surface area (Å²) in [5.74, 6) is 0.782. The first-order valence-corrected chi connectivity index (χ1v) is 13.7. The SMILES string of the molecule is COC1(c2cccc(NS(C)(=O)=O)c2)C2CCC1CN(CCCC1(O)CCCCC1)C2. The number of anilines is 1. The van der Waals surface area contributed by atoms with Gasteiger partial charge in [-0.15, -0.1) is 0 Å². The van der Waals surface area contributed by atoms with E-state index in [1.54, 1.807) is 13.2 Å². The van der Waals surface area contributed by atoms with Gasteiger partial charge in [0.15, 0.2) is 0 Å². The molecule has 2 N–H and O–H groups in total. The van der Waals surface area contributed by atoms with Crippen LogP contribution >= 0.6 is 0 Å². The Morgan fingerprint density at radius 3 is 2.45 bits per heavy atom. The van der Waals surface area contributed by atoms with Crippen LogP contribution in [0.1, 0.15) is 63.4 Å². The standard InChI is InChI=1S/C24H38N2O4S/c1-30-24(19-8-6-9-22(16-19)25-31(2,28)29)20-10-11-21(24)18-26(17-20)15-7-14-23(27)12-4-3-5-13-23/h6,8-9,16,20-21,25,27H,3-5,7,10-15,17-18H2,1-2H3. The van der Waals surface area contributed by atoms with Gasteiger partial charge in [-0.25, -0.2) is 8.42 Å². The lowest BCUT2D eigenvalue weighted by molar-refractivity contribution is -0.119. The first-order valence-electron chi connectivity index (χ1n) is 11.8. The average molecular weight is 451 g/mol. The highest BCUT2D eigenvalue weighted by atomic mass is 32.2. The fourth-order valence-electron chi connectivity index (χ4n) is 6.55. The van der Waals surface area contributed by atoms with Crippen molar-refractivity contribution in [2.45, 2.75) is 69.0 Å². The Kier molecular flexibility index (Phi) is 6.69. The molecule has 0 spiro atoms. The number of ether oxygens (including phenoxy) is 1. The third-order valence-electron chi connectivity index (χ3n) is 7.89. The van der Waals surface area contributed by atoms with Crippen LogP contribution in [0.4, 0.5) is 5.69 Å². The van der Waals surface area contributed by atoms with Crippen LogP contribution in [0.2, 0.25) is 0 Å². The number of piperidine rings is 1. The molecule has 1 heterocycles. The van der Waals surface area contributed by atoms with Crippen LogP contribution in [0.3, 0.4) is 0 Å². The molecule has 0 radical (unpaired) electrons. The molecule has 0 amide bonds. The molecule has 1 aromatic rings. The number of hydrogen-bond donors (Lipinski definition) is 2. The fraction of sp³-hybridized carbons (Fsp3) is 0.750. The van der Waals surface area contributed by atoms with Gasteiger partial charge in [-0.05, 0) is 62.8 Å². The van der Waals surface area contributed by atoms with Gasteiger partial charge in [0, 0.05) is 37.7 Å². The minimum absolute atomic E-state index is 0.354. The average Bonchev–Trinajstić information content (AvgIpc) is 2.90. The maximum absolute atomic E-state index is 11.7. The van der Waals surface area contributed by atoms with E-state index in [4.69, 9.17) is 4.74 Å². The molecular formula is C24H38N2O4S. The van der Waals surface area contributed by atoms with E-state index in [0.717, 1.165) is 76.6 Å². The highest BCUT2D eigenvalue weighted by Crippen LogP contribution is 2.54. The Bertz CT molecular complexity index is 852. The molecule has 1 aromatic carbocycles. The van der Waals surface area contributed by atoms with Gasteiger partial charge in [0.05, 0.1) is 11.9 Å². The van der Waals surface area contributed by atoms with E-state index in [1.807, 2.05) is 12.1 Å². The topological polar surface area (TPSA) is 78.9 Å². The van der Waals surface area contributed by atoms with Crippen LogP contribution in [-0.4, -0.2) is 57.0 Å². The molecule has 3 aliphatic rings. The first kappa shape index (κ1) is 23.0. The largest absolute Gasteiger partial charge is 0.390 e. The summed E-state index contributed by atoms with van der Waals surface area (Å²) in [7, 11) is -1.51. The van der Waals surface area contributed by atoms with Crippen LogP contribution in [0.15, 0.2) is 24.3 Å². The van der Waals surface area contributed by atoms with Crippen molar-refractivity contribution < 1.29 is 18.3 Å². The highest BCUT2D eigenvalue weighted by molar-refractivity contribution is 7.92. The third kappa shape index (κ3) is 4.95. The van der Waals surface area contributed by atoms with Gasteiger partial charge in [0.1, 0.15) is 5.60 Å². The molecule has 7 heteroatoms. The molecule has 2 atom stereocenters. The van der Waals surface area contributed by atoms with Gasteiger partial charge >= 0.3 is 0 Å². The molecular weight excluding hydrogens is 412 g/mol. The van der Waals surface area contributed by atoms with E-state index in [9.17, 15) is 13.5 Å². The van der Waals surface area contributed by atoms with E-state index >= 15 is 0 Å². The summed E-state index contributed by atoms with van der Waals surface area (Å²) in [5.41, 5.74) is 0.884. The second-order valence-electron chi connectivity index (χ2n) is 10.1. The van der Waals surface area contributed by atoms with E-state index in [2.05, 4.69) is 15.7 Å². The number of likely N-dealkylation sites (tertiary alicyclic amines) is 1. The molecule has 2 aliphatic carbocycles.